The number of carboxylic acids is 1. The number of nitrogens with two attached hydrogens (primary N) is 2. The summed E-state index contributed by atoms with van der Waals surface area (Å²) in [7, 11) is 0. The van der Waals surface area contributed by atoms with Crippen LogP contribution in [0, 0.1) is 0 Å². The minimum atomic E-state index is -1.06. The van der Waals surface area contributed by atoms with Gasteiger partial charge in [-0.25, -0.2) is 4.79 Å². The minimum absolute atomic E-state index is 0.279. The molecule has 6 nitrogen and oxygen atoms in total. The van der Waals surface area contributed by atoms with Crippen LogP contribution in [0.2, 0.25) is 0 Å². The lowest BCUT2D eigenvalue weighted by Gasteiger charge is -2.12. The van der Waals surface area contributed by atoms with E-state index in [1.54, 1.807) is 24.3 Å². The van der Waals surface area contributed by atoms with E-state index >= 15 is 0 Å². The van der Waals surface area contributed by atoms with E-state index in [2.05, 4.69) is 0 Å². The molecule has 0 fully saturated rings. The molecule has 1 aromatic rings. The van der Waals surface area contributed by atoms with Gasteiger partial charge in [-0.15, -0.1) is 0 Å². The number of aliphatic carboxylic acids is 1. The van der Waals surface area contributed by atoms with Gasteiger partial charge in [0.15, 0.2) is 0 Å². The first-order chi connectivity index (χ1) is 9.00. The Bertz CT molecular complexity index is 422. The van der Waals surface area contributed by atoms with Gasteiger partial charge < -0.3 is 21.3 Å². The first-order valence-electron chi connectivity index (χ1n) is 6.01. The summed E-state index contributed by atoms with van der Waals surface area (Å²) in [6.07, 6.45) is 1.08. The topological polar surface area (TPSA) is 116 Å². The molecule has 1 aromatic carbocycles. The Labute approximate surface area is 111 Å². The van der Waals surface area contributed by atoms with E-state index in [1.165, 1.54) is 0 Å². The van der Waals surface area contributed by atoms with Crippen LogP contribution in [0.5, 0.6) is 5.75 Å². The maximum atomic E-state index is 11.6. The Balaban J connectivity index is 2.31. The molecule has 0 aromatic heterocycles. The molecule has 19 heavy (non-hydrogen) atoms. The van der Waals surface area contributed by atoms with E-state index < -0.39 is 24.0 Å². The first kappa shape index (κ1) is 15.1. The SMILES string of the molecule is NC(CCCC(N)C(=O)Oc1ccccc1)C(=O)O. The van der Waals surface area contributed by atoms with Crippen LogP contribution >= 0.6 is 0 Å². The van der Waals surface area contributed by atoms with E-state index in [1.807, 2.05) is 6.07 Å². The Hall–Kier alpha value is -1.92. The zero-order valence-electron chi connectivity index (χ0n) is 10.5. The van der Waals surface area contributed by atoms with Crippen LogP contribution in [-0.2, 0) is 9.59 Å². The summed E-state index contributed by atoms with van der Waals surface area (Å²) in [5.41, 5.74) is 11.0. The van der Waals surface area contributed by atoms with E-state index in [9.17, 15) is 9.59 Å². The van der Waals surface area contributed by atoms with Gasteiger partial charge in [0.05, 0.1) is 0 Å². The average Bonchev–Trinajstić information content (AvgIpc) is 2.39. The van der Waals surface area contributed by atoms with Crippen LogP contribution in [0.1, 0.15) is 19.3 Å². The Kier molecular flexibility index (Phi) is 5.98. The van der Waals surface area contributed by atoms with Crippen molar-refractivity contribution in [3.63, 3.8) is 0 Å². The molecule has 0 aliphatic rings. The molecular weight excluding hydrogens is 248 g/mol. The fourth-order valence-electron chi connectivity index (χ4n) is 1.48. The zero-order valence-corrected chi connectivity index (χ0v) is 10.5. The molecule has 0 amide bonds. The molecule has 0 bridgehead atoms. The van der Waals surface area contributed by atoms with E-state index in [-0.39, 0.29) is 6.42 Å². The van der Waals surface area contributed by atoms with Gasteiger partial charge in [-0.1, -0.05) is 18.2 Å². The zero-order chi connectivity index (χ0) is 14.3. The van der Waals surface area contributed by atoms with Crippen molar-refractivity contribution in [2.75, 3.05) is 0 Å². The highest BCUT2D eigenvalue weighted by Gasteiger charge is 2.17. The van der Waals surface area contributed by atoms with E-state index in [0.29, 0.717) is 18.6 Å². The number of hydrogen-bond acceptors (Lipinski definition) is 5. The van der Waals surface area contributed by atoms with Crippen LogP contribution in [0.15, 0.2) is 30.3 Å². The number of para-hydroxylation sites is 1. The second-order valence-electron chi connectivity index (χ2n) is 4.22. The molecule has 0 heterocycles. The minimum Gasteiger partial charge on any atom is -0.480 e. The molecule has 0 saturated heterocycles. The Morgan fingerprint density at radius 3 is 2.26 bits per heavy atom. The molecule has 0 saturated carbocycles. The standard InChI is InChI=1S/C13H18N2O4/c14-10(12(16)17)7-4-8-11(15)13(18)19-9-5-2-1-3-6-9/h1-3,5-6,10-11H,4,7-8,14-15H2,(H,16,17). The molecule has 0 radical (unpaired) electrons. The third-order valence-electron chi connectivity index (χ3n) is 2.61. The summed E-state index contributed by atoms with van der Waals surface area (Å²) in [6.45, 7) is 0. The summed E-state index contributed by atoms with van der Waals surface area (Å²) in [5, 5.41) is 8.60. The lowest BCUT2D eigenvalue weighted by molar-refractivity contribution is -0.138. The van der Waals surface area contributed by atoms with Crippen molar-refractivity contribution < 1.29 is 19.4 Å². The van der Waals surface area contributed by atoms with Gasteiger partial charge in [-0.2, -0.15) is 0 Å². The first-order valence-corrected chi connectivity index (χ1v) is 6.01. The lowest BCUT2D eigenvalue weighted by atomic mass is 10.1. The maximum Gasteiger partial charge on any atom is 0.328 e. The van der Waals surface area contributed by atoms with E-state index in [0.717, 1.165) is 0 Å². The number of esters is 1. The third-order valence-corrected chi connectivity index (χ3v) is 2.61. The van der Waals surface area contributed by atoms with Crippen LogP contribution in [-0.4, -0.2) is 29.1 Å². The largest absolute Gasteiger partial charge is 0.480 e. The number of hydrogen-bond donors (Lipinski definition) is 3. The molecule has 2 atom stereocenters. The highest BCUT2D eigenvalue weighted by atomic mass is 16.5. The number of benzene rings is 1. The number of carboxylic acid groups (broad SMARTS) is 1. The van der Waals surface area contributed by atoms with Gasteiger partial charge in [0.2, 0.25) is 0 Å². The van der Waals surface area contributed by atoms with Crippen molar-refractivity contribution in [1.29, 1.82) is 0 Å². The van der Waals surface area contributed by atoms with Gasteiger partial charge in [0.25, 0.3) is 0 Å². The van der Waals surface area contributed by atoms with Crippen molar-refractivity contribution in [3.05, 3.63) is 30.3 Å². The molecule has 1 rings (SSSR count). The molecule has 6 heteroatoms. The lowest BCUT2D eigenvalue weighted by Crippen LogP contribution is -2.35. The fourth-order valence-corrected chi connectivity index (χ4v) is 1.48. The van der Waals surface area contributed by atoms with Gasteiger partial charge in [-0.3, -0.25) is 4.79 Å². The van der Waals surface area contributed by atoms with Crippen LogP contribution in [0.3, 0.4) is 0 Å². The molecule has 0 aliphatic heterocycles. The summed E-state index contributed by atoms with van der Waals surface area (Å²) in [6, 6.07) is 6.93. The number of ether oxygens (including phenoxy) is 1. The summed E-state index contributed by atoms with van der Waals surface area (Å²) < 4.78 is 5.07. The smallest absolute Gasteiger partial charge is 0.328 e. The summed E-state index contributed by atoms with van der Waals surface area (Å²) in [4.78, 5) is 22.1. The van der Waals surface area contributed by atoms with Crippen LogP contribution in [0.25, 0.3) is 0 Å². The normalized spacial score (nSPS) is 13.6. The number of carbonyl (C=O) groups is 2. The maximum absolute atomic E-state index is 11.6. The molecule has 0 spiro atoms. The van der Waals surface area contributed by atoms with Crippen molar-refractivity contribution in [3.8, 4) is 5.75 Å². The number of carbonyl (C=O) groups excluding carboxylic acids is 1. The fraction of sp³-hybridized carbons (Fsp3) is 0.385. The van der Waals surface area contributed by atoms with E-state index in [4.69, 9.17) is 21.3 Å². The van der Waals surface area contributed by atoms with Gasteiger partial charge in [-0.05, 0) is 31.4 Å². The van der Waals surface area contributed by atoms with Gasteiger partial charge >= 0.3 is 11.9 Å². The van der Waals surface area contributed by atoms with Gasteiger partial charge in [0.1, 0.15) is 17.8 Å². The second-order valence-corrected chi connectivity index (χ2v) is 4.22. The summed E-state index contributed by atoms with van der Waals surface area (Å²) >= 11 is 0. The van der Waals surface area contributed by atoms with Crippen molar-refractivity contribution in [2.24, 2.45) is 11.5 Å². The molecule has 104 valence electrons. The van der Waals surface area contributed by atoms with Crippen molar-refractivity contribution in [2.45, 2.75) is 31.3 Å². The van der Waals surface area contributed by atoms with Crippen molar-refractivity contribution in [1.82, 2.24) is 0 Å². The predicted octanol–water partition coefficient (Wildman–Crippen LogP) is 0.501. The second kappa shape index (κ2) is 7.50. The molecule has 2 unspecified atom stereocenters. The summed E-state index contributed by atoms with van der Waals surface area (Å²) in [5.74, 6) is -1.15. The Morgan fingerprint density at radius 1 is 1.11 bits per heavy atom. The number of rotatable bonds is 7. The quantitative estimate of drug-likeness (QED) is 0.489. The highest BCUT2D eigenvalue weighted by molar-refractivity contribution is 5.78. The van der Waals surface area contributed by atoms with Crippen molar-refractivity contribution >= 4 is 11.9 Å². The predicted molar refractivity (Wildman–Crippen MR) is 69.5 cm³/mol. The Morgan fingerprint density at radius 2 is 1.68 bits per heavy atom. The van der Waals surface area contributed by atoms with Crippen LogP contribution < -0.4 is 16.2 Å². The molecular formula is C13H18N2O4. The monoisotopic (exact) mass is 266 g/mol. The van der Waals surface area contributed by atoms with Crippen LogP contribution in [0.4, 0.5) is 0 Å². The third kappa shape index (κ3) is 5.50. The highest BCUT2D eigenvalue weighted by Crippen LogP contribution is 2.10. The average molecular weight is 266 g/mol. The molecule has 5 N–H and O–H groups in total. The molecule has 0 aliphatic carbocycles. The van der Waals surface area contributed by atoms with Gasteiger partial charge in [0, 0.05) is 0 Å².